The minimum absolute atomic E-state index is 0.179. The van der Waals surface area contributed by atoms with Crippen LogP contribution >= 0.6 is 11.6 Å². The third kappa shape index (κ3) is 2.85. The Morgan fingerprint density at radius 1 is 1.18 bits per heavy atom. The number of aliphatic hydroxyl groups is 2. The second-order valence-corrected chi connectivity index (χ2v) is 7.46. The van der Waals surface area contributed by atoms with E-state index in [1.807, 2.05) is 6.07 Å². The average molecular weight is 404 g/mol. The molecule has 1 aromatic carbocycles. The van der Waals surface area contributed by atoms with Crippen LogP contribution in [-0.4, -0.2) is 55.4 Å². The Kier molecular flexibility index (Phi) is 4.26. The van der Waals surface area contributed by atoms with Gasteiger partial charge in [-0.2, -0.15) is 0 Å². The summed E-state index contributed by atoms with van der Waals surface area (Å²) in [6.45, 7) is 0.00343. The van der Waals surface area contributed by atoms with Crippen molar-refractivity contribution in [2.75, 3.05) is 6.61 Å². The number of pyridine rings is 1. The number of ether oxygens (including phenoxy) is 2. The van der Waals surface area contributed by atoms with Gasteiger partial charge in [-0.1, -0.05) is 23.7 Å². The second kappa shape index (κ2) is 6.68. The molecule has 146 valence electrons. The van der Waals surface area contributed by atoms with E-state index in [4.69, 9.17) is 21.1 Å². The second-order valence-electron chi connectivity index (χ2n) is 7.05. The molecule has 2 aliphatic heterocycles. The predicted octanol–water partition coefficient (Wildman–Crippen LogP) is 0.758. The number of hydrogen-bond donors (Lipinski definition) is 2. The number of nitrogens with zero attached hydrogens (tertiary/aromatic N) is 3. The first kappa shape index (κ1) is 17.8. The Hall–Kier alpha value is -2.23. The van der Waals surface area contributed by atoms with E-state index in [9.17, 15) is 15.0 Å². The summed E-state index contributed by atoms with van der Waals surface area (Å²) in [5.41, 5.74) is 1.67. The lowest BCUT2D eigenvalue weighted by molar-refractivity contribution is -0.116. The van der Waals surface area contributed by atoms with Gasteiger partial charge in [0.05, 0.1) is 13.2 Å². The highest BCUT2D eigenvalue weighted by Gasteiger charge is 2.57. The summed E-state index contributed by atoms with van der Waals surface area (Å²) in [5.74, 6) is 0. The molecule has 2 aliphatic rings. The fraction of sp³-hybridized carbons (Fsp3) is 0.368. The molecule has 0 spiro atoms. The molecule has 0 bridgehead atoms. The van der Waals surface area contributed by atoms with E-state index < -0.39 is 18.3 Å². The summed E-state index contributed by atoms with van der Waals surface area (Å²) in [6.07, 6.45) is -0.893. The van der Waals surface area contributed by atoms with Gasteiger partial charge in [0.25, 0.3) is 0 Å². The summed E-state index contributed by atoms with van der Waals surface area (Å²) >= 11 is 6.35. The summed E-state index contributed by atoms with van der Waals surface area (Å²) in [7, 11) is 0. The summed E-state index contributed by atoms with van der Waals surface area (Å²) in [4.78, 5) is 12.5. The Labute approximate surface area is 164 Å². The van der Waals surface area contributed by atoms with E-state index >= 15 is 0 Å². The molecular formula is C19H18ClN3O5. The van der Waals surface area contributed by atoms with Gasteiger partial charge in [-0.15, -0.1) is 5.10 Å². The van der Waals surface area contributed by atoms with Crippen molar-refractivity contribution in [3.63, 3.8) is 0 Å². The SMILES string of the molecule is O=c1n(Cc2cc([C@@H]3OC(CO)[C@H]4OC4[C@@H]3O)ccc2Cl)nc2ccccn12. The van der Waals surface area contributed by atoms with Crippen LogP contribution in [-0.2, 0) is 16.0 Å². The van der Waals surface area contributed by atoms with Crippen LogP contribution in [0.15, 0.2) is 47.4 Å². The van der Waals surface area contributed by atoms with E-state index in [-0.39, 0.29) is 31.0 Å². The van der Waals surface area contributed by atoms with Crippen LogP contribution in [0.4, 0.5) is 0 Å². The van der Waals surface area contributed by atoms with Crippen molar-refractivity contribution in [1.82, 2.24) is 14.2 Å². The molecule has 2 N–H and O–H groups in total. The molecule has 0 aliphatic carbocycles. The number of halogens is 1. The third-order valence-electron chi connectivity index (χ3n) is 5.28. The van der Waals surface area contributed by atoms with E-state index in [1.165, 1.54) is 9.08 Å². The van der Waals surface area contributed by atoms with Crippen LogP contribution in [0.2, 0.25) is 5.02 Å². The lowest BCUT2D eigenvalue weighted by atomic mass is 9.94. The van der Waals surface area contributed by atoms with Gasteiger partial charge in [0.1, 0.15) is 30.5 Å². The maximum atomic E-state index is 12.5. The molecule has 0 amide bonds. The van der Waals surface area contributed by atoms with E-state index in [0.717, 1.165) is 0 Å². The highest BCUT2D eigenvalue weighted by atomic mass is 35.5. The van der Waals surface area contributed by atoms with Crippen LogP contribution < -0.4 is 5.69 Å². The fourth-order valence-electron chi connectivity index (χ4n) is 3.78. The minimum Gasteiger partial charge on any atom is -0.394 e. The molecule has 0 radical (unpaired) electrons. The van der Waals surface area contributed by atoms with Crippen LogP contribution in [0.3, 0.4) is 0 Å². The van der Waals surface area contributed by atoms with Crippen molar-refractivity contribution in [3.8, 4) is 0 Å². The zero-order valence-electron chi connectivity index (χ0n) is 14.7. The molecule has 4 heterocycles. The highest BCUT2D eigenvalue weighted by molar-refractivity contribution is 6.31. The fourth-order valence-corrected chi connectivity index (χ4v) is 3.95. The van der Waals surface area contributed by atoms with Crippen molar-refractivity contribution in [3.05, 3.63) is 69.2 Å². The number of aromatic nitrogens is 3. The van der Waals surface area contributed by atoms with Gasteiger partial charge in [-0.3, -0.25) is 4.40 Å². The molecule has 28 heavy (non-hydrogen) atoms. The van der Waals surface area contributed by atoms with Gasteiger partial charge in [0, 0.05) is 11.2 Å². The van der Waals surface area contributed by atoms with E-state index in [0.29, 0.717) is 21.8 Å². The van der Waals surface area contributed by atoms with Gasteiger partial charge < -0.3 is 19.7 Å². The molecule has 9 heteroatoms. The Bertz CT molecular complexity index is 1100. The number of hydrogen-bond acceptors (Lipinski definition) is 6. The maximum absolute atomic E-state index is 12.5. The highest BCUT2D eigenvalue weighted by Crippen LogP contribution is 2.43. The van der Waals surface area contributed by atoms with Crippen molar-refractivity contribution in [2.45, 2.75) is 37.1 Å². The van der Waals surface area contributed by atoms with Crippen LogP contribution in [0, 0.1) is 0 Å². The van der Waals surface area contributed by atoms with Crippen LogP contribution in [0.1, 0.15) is 17.2 Å². The average Bonchev–Trinajstić information content (AvgIpc) is 3.45. The Balaban J connectivity index is 1.47. The van der Waals surface area contributed by atoms with Crippen molar-refractivity contribution >= 4 is 17.2 Å². The number of rotatable bonds is 4. The smallest absolute Gasteiger partial charge is 0.350 e. The lowest BCUT2D eigenvalue weighted by Crippen LogP contribution is -2.41. The minimum atomic E-state index is -0.834. The summed E-state index contributed by atoms with van der Waals surface area (Å²) < 4.78 is 14.1. The molecule has 5 atom stereocenters. The third-order valence-corrected chi connectivity index (χ3v) is 5.65. The molecular weight excluding hydrogens is 386 g/mol. The molecule has 2 aromatic heterocycles. The largest absolute Gasteiger partial charge is 0.394 e. The van der Waals surface area contributed by atoms with Gasteiger partial charge in [-0.05, 0) is 35.4 Å². The number of aliphatic hydroxyl groups excluding tert-OH is 2. The maximum Gasteiger partial charge on any atom is 0.350 e. The first-order valence-electron chi connectivity index (χ1n) is 8.99. The number of epoxide rings is 1. The van der Waals surface area contributed by atoms with E-state index in [1.54, 1.807) is 36.5 Å². The van der Waals surface area contributed by atoms with Crippen molar-refractivity contribution < 1.29 is 19.7 Å². The number of benzene rings is 1. The first-order chi connectivity index (χ1) is 13.6. The topological polar surface area (TPSA) is 102 Å². The van der Waals surface area contributed by atoms with Crippen LogP contribution in [0.5, 0.6) is 0 Å². The van der Waals surface area contributed by atoms with E-state index in [2.05, 4.69) is 5.10 Å². The molecule has 3 aromatic rings. The standard InChI is InChI=1S/C19H18ClN3O5/c20-12-5-4-10(16-15(25)18-17(28-18)13(9-24)27-16)7-11(12)8-23-19(26)22-6-2-1-3-14(22)21-23/h1-7,13,15-18,24-25H,8-9H2/t13?,15-,16+,17-,18?/m1/s1. The zero-order chi connectivity index (χ0) is 19.4. The molecule has 5 rings (SSSR count). The van der Waals surface area contributed by atoms with Crippen molar-refractivity contribution in [1.29, 1.82) is 0 Å². The molecule has 2 saturated heterocycles. The molecule has 8 nitrogen and oxygen atoms in total. The van der Waals surface area contributed by atoms with Gasteiger partial charge in [0.15, 0.2) is 5.65 Å². The molecule has 0 saturated carbocycles. The van der Waals surface area contributed by atoms with Gasteiger partial charge in [-0.25, -0.2) is 9.48 Å². The first-order valence-corrected chi connectivity index (χ1v) is 9.37. The quantitative estimate of drug-likeness (QED) is 0.624. The van der Waals surface area contributed by atoms with Gasteiger partial charge >= 0.3 is 5.69 Å². The van der Waals surface area contributed by atoms with Crippen LogP contribution in [0.25, 0.3) is 5.65 Å². The predicted molar refractivity (Wildman–Crippen MR) is 99.4 cm³/mol. The Morgan fingerprint density at radius 3 is 2.82 bits per heavy atom. The normalized spacial score (nSPS) is 29.0. The van der Waals surface area contributed by atoms with Crippen molar-refractivity contribution in [2.24, 2.45) is 0 Å². The Morgan fingerprint density at radius 2 is 2.04 bits per heavy atom. The lowest BCUT2D eigenvalue weighted by Gasteiger charge is -2.30. The zero-order valence-corrected chi connectivity index (χ0v) is 15.4. The van der Waals surface area contributed by atoms with Gasteiger partial charge in [0.2, 0.25) is 0 Å². The summed E-state index contributed by atoms with van der Waals surface area (Å²) in [5, 5.41) is 24.8. The summed E-state index contributed by atoms with van der Waals surface area (Å²) in [6, 6.07) is 10.6. The molecule has 2 fully saturated rings. The molecule has 2 unspecified atom stereocenters. The number of fused-ring (bicyclic) bond motifs is 2. The monoisotopic (exact) mass is 403 g/mol.